The van der Waals surface area contributed by atoms with E-state index in [-0.39, 0.29) is 17.1 Å². The maximum atomic E-state index is 12.5. The van der Waals surface area contributed by atoms with Crippen LogP contribution in [-0.2, 0) is 9.59 Å². The van der Waals surface area contributed by atoms with Gasteiger partial charge in [-0.2, -0.15) is 0 Å². The summed E-state index contributed by atoms with van der Waals surface area (Å²) in [7, 11) is 1.61. The van der Waals surface area contributed by atoms with Gasteiger partial charge in [-0.1, -0.05) is 29.2 Å². The lowest BCUT2D eigenvalue weighted by molar-refractivity contribution is -0.115. The molecular weight excluding hydrogens is 422 g/mol. The van der Waals surface area contributed by atoms with E-state index in [0.29, 0.717) is 20.8 Å². The van der Waals surface area contributed by atoms with Crippen molar-refractivity contribution in [3.8, 4) is 5.75 Å². The van der Waals surface area contributed by atoms with Crippen LogP contribution in [0.3, 0.4) is 0 Å². The molecule has 3 N–H and O–H groups in total. The number of carbonyl (C=O) groups is 2. The van der Waals surface area contributed by atoms with Crippen LogP contribution in [0.1, 0.15) is 13.8 Å². The van der Waals surface area contributed by atoms with Crippen molar-refractivity contribution < 1.29 is 14.3 Å². The fourth-order valence-electron chi connectivity index (χ4n) is 2.42. The molecule has 0 spiro atoms. The minimum atomic E-state index is -0.363. The first-order valence-electron chi connectivity index (χ1n) is 9.02. The number of ether oxygens (including phenoxy) is 1. The van der Waals surface area contributed by atoms with E-state index >= 15 is 0 Å². The van der Waals surface area contributed by atoms with Gasteiger partial charge in [-0.25, -0.2) is 0 Å². The number of thioether (sulfide) groups is 1. The van der Waals surface area contributed by atoms with E-state index < -0.39 is 0 Å². The molecule has 0 unspecified atom stereocenters. The second kappa shape index (κ2) is 10.1. The van der Waals surface area contributed by atoms with Crippen LogP contribution in [0.15, 0.2) is 52.9 Å². The van der Waals surface area contributed by atoms with Gasteiger partial charge in [0.25, 0.3) is 0 Å². The summed E-state index contributed by atoms with van der Waals surface area (Å²) in [5, 5.41) is 17.3. The van der Waals surface area contributed by atoms with Gasteiger partial charge in [0.05, 0.1) is 12.4 Å². The number of nitrogens with one attached hydrogen (secondary N) is 3. The zero-order valence-corrected chi connectivity index (χ0v) is 18.3. The van der Waals surface area contributed by atoms with Gasteiger partial charge in [-0.3, -0.25) is 9.59 Å². The average Bonchev–Trinajstić information content (AvgIpc) is 3.15. The first kappa shape index (κ1) is 21.6. The minimum absolute atomic E-state index is 0.144. The van der Waals surface area contributed by atoms with E-state index in [9.17, 15) is 9.59 Å². The number of aromatic nitrogens is 2. The molecule has 3 rings (SSSR count). The van der Waals surface area contributed by atoms with Crippen molar-refractivity contribution in [3.05, 3.63) is 48.5 Å². The van der Waals surface area contributed by atoms with Crippen molar-refractivity contribution in [2.45, 2.75) is 23.4 Å². The molecule has 0 radical (unpaired) electrons. The fraction of sp³-hybridized carbons (Fsp3) is 0.200. The number of amides is 2. The summed E-state index contributed by atoms with van der Waals surface area (Å²) in [6.07, 6.45) is 0. The van der Waals surface area contributed by atoms with Gasteiger partial charge >= 0.3 is 0 Å². The number of anilines is 4. The molecule has 1 aromatic heterocycles. The summed E-state index contributed by atoms with van der Waals surface area (Å²) in [5.74, 6) is 0.452. The lowest BCUT2D eigenvalue weighted by Gasteiger charge is -2.11. The van der Waals surface area contributed by atoms with Crippen LogP contribution in [0, 0.1) is 0 Å². The lowest BCUT2D eigenvalue weighted by Crippen LogP contribution is -2.22. The molecule has 0 bridgehead atoms. The highest BCUT2D eigenvalue weighted by Gasteiger charge is 2.17. The van der Waals surface area contributed by atoms with Crippen molar-refractivity contribution >= 4 is 57.1 Å². The van der Waals surface area contributed by atoms with E-state index in [1.165, 1.54) is 30.0 Å². The maximum Gasteiger partial charge on any atom is 0.237 e. The largest absolute Gasteiger partial charge is 0.497 e. The second-order valence-electron chi connectivity index (χ2n) is 6.24. The lowest BCUT2D eigenvalue weighted by atomic mass is 10.2. The quantitative estimate of drug-likeness (QED) is 0.444. The van der Waals surface area contributed by atoms with Crippen LogP contribution in [0.25, 0.3) is 0 Å². The zero-order valence-electron chi connectivity index (χ0n) is 16.6. The zero-order chi connectivity index (χ0) is 21.5. The number of hydrogen-bond donors (Lipinski definition) is 3. The molecule has 0 aliphatic carbocycles. The van der Waals surface area contributed by atoms with Crippen LogP contribution < -0.4 is 20.7 Å². The smallest absolute Gasteiger partial charge is 0.237 e. The Morgan fingerprint density at radius 2 is 1.73 bits per heavy atom. The molecule has 3 aromatic rings. The van der Waals surface area contributed by atoms with E-state index in [2.05, 4.69) is 26.1 Å². The third-order valence-corrected chi connectivity index (χ3v) is 5.87. The standard InChI is InChI=1S/C20H21N5O3S2/c1-12(18(27)22-15-9-7-14(8-10-15)21-13(2)26)29-20-25-24-19(30-20)23-16-5-4-6-17(11-16)28-3/h4-12H,1-3H3,(H,21,26)(H,22,27)(H,23,24)/t12-/m0/s1. The van der Waals surface area contributed by atoms with Crippen LogP contribution in [-0.4, -0.2) is 34.4 Å². The van der Waals surface area contributed by atoms with Crippen molar-refractivity contribution in [1.82, 2.24) is 10.2 Å². The highest BCUT2D eigenvalue weighted by molar-refractivity contribution is 8.02. The molecule has 0 aliphatic rings. The molecule has 1 atom stereocenters. The Bertz CT molecular complexity index is 1020. The minimum Gasteiger partial charge on any atom is -0.497 e. The molecule has 2 amide bonds. The van der Waals surface area contributed by atoms with E-state index in [1.807, 2.05) is 31.2 Å². The number of benzene rings is 2. The number of carbonyl (C=O) groups excluding carboxylic acids is 2. The van der Waals surface area contributed by atoms with Crippen LogP contribution in [0.5, 0.6) is 5.75 Å². The van der Waals surface area contributed by atoms with E-state index in [1.54, 1.807) is 31.4 Å². The first-order valence-corrected chi connectivity index (χ1v) is 10.7. The van der Waals surface area contributed by atoms with Gasteiger partial charge in [0, 0.05) is 30.1 Å². The third kappa shape index (κ3) is 6.19. The molecule has 0 aliphatic heterocycles. The predicted molar refractivity (Wildman–Crippen MR) is 121 cm³/mol. The predicted octanol–water partition coefficient (Wildman–Crippen LogP) is 4.37. The van der Waals surface area contributed by atoms with Crippen LogP contribution >= 0.6 is 23.1 Å². The molecule has 10 heteroatoms. The third-order valence-electron chi connectivity index (χ3n) is 3.85. The normalized spacial score (nSPS) is 11.4. The Morgan fingerprint density at radius 1 is 1.03 bits per heavy atom. The number of rotatable bonds is 8. The molecule has 0 saturated carbocycles. The molecule has 1 heterocycles. The molecule has 0 fully saturated rings. The summed E-state index contributed by atoms with van der Waals surface area (Å²) in [4.78, 5) is 23.5. The fourth-order valence-corrected chi connectivity index (χ4v) is 4.34. The summed E-state index contributed by atoms with van der Waals surface area (Å²) < 4.78 is 5.89. The Kier molecular flexibility index (Phi) is 7.26. The van der Waals surface area contributed by atoms with Crippen molar-refractivity contribution in [2.24, 2.45) is 0 Å². The Hall–Kier alpha value is -3.11. The van der Waals surface area contributed by atoms with Gasteiger partial charge in [0.2, 0.25) is 16.9 Å². The molecule has 2 aromatic carbocycles. The molecule has 30 heavy (non-hydrogen) atoms. The molecular formula is C20H21N5O3S2. The van der Waals surface area contributed by atoms with Crippen LogP contribution in [0.2, 0.25) is 0 Å². The Labute approximate surface area is 182 Å². The Morgan fingerprint density at radius 3 is 2.40 bits per heavy atom. The van der Waals surface area contributed by atoms with Crippen molar-refractivity contribution in [2.75, 3.05) is 23.1 Å². The van der Waals surface area contributed by atoms with Crippen molar-refractivity contribution in [1.29, 1.82) is 0 Å². The average molecular weight is 444 g/mol. The SMILES string of the molecule is COc1cccc(Nc2nnc(S[C@@H](C)C(=O)Nc3ccc(NC(C)=O)cc3)s2)c1. The maximum absolute atomic E-state index is 12.5. The Balaban J connectivity index is 1.54. The monoisotopic (exact) mass is 443 g/mol. The van der Waals surface area contributed by atoms with Gasteiger partial charge in [0.1, 0.15) is 5.75 Å². The topological polar surface area (TPSA) is 105 Å². The van der Waals surface area contributed by atoms with Gasteiger partial charge < -0.3 is 20.7 Å². The number of methoxy groups -OCH3 is 1. The number of nitrogens with zero attached hydrogens (tertiary/aromatic N) is 2. The summed E-state index contributed by atoms with van der Waals surface area (Å²) in [6.45, 7) is 3.25. The highest BCUT2D eigenvalue weighted by atomic mass is 32.2. The summed E-state index contributed by atoms with van der Waals surface area (Å²) >= 11 is 2.70. The van der Waals surface area contributed by atoms with Crippen molar-refractivity contribution in [3.63, 3.8) is 0 Å². The van der Waals surface area contributed by atoms with Gasteiger partial charge in [-0.15, -0.1) is 10.2 Å². The summed E-state index contributed by atoms with van der Waals surface area (Å²) in [6, 6.07) is 14.5. The highest BCUT2D eigenvalue weighted by Crippen LogP contribution is 2.31. The second-order valence-corrected chi connectivity index (χ2v) is 8.80. The molecule has 8 nitrogen and oxygen atoms in total. The molecule has 0 saturated heterocycles. The van der Waals surface area contributed by atoms with E-state index in [0.717, 1.165) is 11.4 Å². The van der Waals surface area contributed by atoms with E-state index in [4.69, 9.17) is 4.74 Å². The first-order chi connectivity index (χ1) is 14.4. The molecule has 156 valence electrons. The summed E-state index contributed by atoms with van der Waals surface area (Å²) in [5.41, 5.74) is 2.17. The van der Waals surface area contributed by atoms with Crippen LogP contribution in [0.4, 0.5) is 22.2 Å². The van der Waals surface area contributed by atoms with Gasteiger partial charge in [0.15, 0.2) is 4.34 Å². The van der Waals surface area contributed by atoms with Gasteiger partial charge in [-0.05, 0) is 43.3 Å². The number of hydrogen-bond acceptors (Lipinski definition) is 8.